The smallest absolute Gasteiger partial charge is 0.206 e. The molecule has 4 unspecified atom stereocenters. The topological polar surface area (TPSA) is 38.8 Å². The van der Waals surface area contributed by atoms with Gasteiger partial charge >= 0.3 is 0 Å². The summed E-state index contributed by atoms with van der Waals surface area (Å²) in [5.74, 6) is 0.803. The van der Waals surface area contributed by atoms with Crippen LogP contribution in [0.25, 0.3) is 0 Å². The first kappa shape index (κ1) is 31.5. The first-order valence-electron chi connectivity index (χ1n) is 17.6. The number of ether oxygens (including phenoxy) is 1. The summed E-state index contributed by atoms with van der Waals surface area (Å²) in [7, 11) is -2.45. The van der Waals surface area contributed by atoms with Crippen LogP contribution < -0.4 is 0 Å². The molecular weight excluding hydrogens is 616 g/mol. The molecule has 4 aliphatic carbocycles. The van der Waals surface area contributed by atoms with Crippen molar-refractivity contribution < 1.29 is 14.0 Å². The van der Waals surface area contributed by atoms with Crippen LogP contribution in [-0.2, 0) is 32.1 Å². The van der Waals surface area contributed by atoms with Crippen LogP contribution in [0.15, 0.2) is 115 Å². The zero-order valence-corrected chi connectivity index (χ0v) is 29.6. The average molecular weight is 663 g/mol. The van der Waals surface area contributed by atoms with E-state index in [9.17, 15) is 4.79 Å². The molecule has 5 aliphatic rings. The third-order valence-electron chi connectivity index (χ3n) is 13.3. The maximum Gasteiger partial charge on any atom is 0.206 e. The first-order chi connectivity index (χ1) is 22.6. The summed E-state index contributed by atoms with van der Waals surface area (Å²) in [4.78, 5) is 13.4. The molecule has 3 aromatic rings. The molecule has 4 saturated carbocycles. The molecule has 0 bridgehead atoms. The van der Waals surface area contributed by atoms with Crippen LogP contribution in [0, 0.1) is 28.6 Å². The number of carbonyl (C=O) groups is 1. The number of halogens is 1. The van der Waals surface area contributed by atoms with Crippen molar-refractivity contribution in [2.45, 2.75) is 87.3 Å². The molecule has 3 nitrogen and oxygen atoms in total. The summed E-state index contributed by atoms with van der Waals surface area (Å²) in [6.45, 7) is 13.2. The van der Waals surface area contributed by atoms with E-state index in [1.165, 1.54) is 16.7 Å². The van der Waals surface area contributed by atoms with Crippen molar-refractivity contribution in [2.24, 2.45) is 28.6 Å². The highest BCUT2D eigenvalue weighted by Gasteiger charge is 2.79. The van der Waals surface area contributed by atoms with E-state index in [-0.39, 0.29) is 46.2 Å². The van der Waals surface area contributed by atoms with Crippen molar-refractivity contribution in [2.75, 3.05) is 0 Å². The highest BCUT2D eigenvalue weighted by atomic mass is 35.5. The monoisotopic (exact) mass is 662 g/mol. The van der Waals surface area contributed by atoms with Gasteiger partial charge in [-0.2, -0.15) is 0 Å². The highest BCUT2D eigenvalue weighted by Crippen LogP contribution is 2.74. The molecule has 0 aromatic heterocycles. The van der Waals surface area contributed by atoms with Gasteiger partial charge in [-0.05, 0) is 77.9 Å². The van der Waals surface area contributed by atoms with E-state index in [0.29, 0.717) is 11.5 Å². The van der Waals surface area contributed by atoms with Crippen LogP contribution in [0.2, 0.25) is 0 Å². The summed E-state index contributed by atoms with van der Waals surface area (Å²) in [6.07, 6.45) is 4.94. The van der Waals surface area contributed by atoms with E-state index < -0.39 is 13.7 Å². The van der Waals surface area contributed by atoms with Crippen molar-refractivity contribution in [3.05, 3.63) is 132 Å². The quantitative estimate of drug-likeness (QED) is 0.105. The molecule has 1 heterocycles. The number of allylic oxidation sites excluding steroid dienone is 2. The van der Waals surface area contributed by atoms with Crippen LogP contribution in [0.5, 0.6) is 0 Å². The molecule has 0 N–H and O–H groups in total. The van der Waals surface area contributed by atoms with Crippen LogP contribution in [0.3, 0.4) is 0 Å². The zero-order chi connectivity index (χ0) is 32.6. The second-order valence-electron chi connectivity index (χ2n) is 15.9. The van der Waals surface area contributed by atoms with Crippen molar-refractivity contribution in [3.8, 4) is 0 Å². The largest absolute Gasteiger partial charge is 0.413 e. The summed E-state index contributed by atoms with van der Waals surface area (Å²) >= 11 is 7.51. The normalized spacial score (nSPS) is 37.5. The van der Waals surface area contributed by atoms with Gasteiger partial charge in [0.25, 0.3) is 0 Å². The fourth-order valence-electron chi connectivity index (χ4n) is 11.0. The van der Waals surface area contributed by atoms with E-state index >= 15 is 0 Å². The standard InChI is InChI=1S/C42H47ClO3Si/c1-28-29(2)38(44)40(3)22-21-34-35(36(28)40)37(43)39-42(45-39)24-33(20-23-41(34,42)4)46-47(25-30-14-8-5-9-15-30,26-31-16-10-6-11-17-31)27-32-18-12-7-13-19-32/h5-19,33-37,39H,1-2,20-27H2,3-4H3/t33?,34-,35-,36+,37?,39?,40+,41-,42?/m1/s1. The van der Waals surface area contributed by atoms with Crippen LogP contribution in [0.4, 0.5) is 0 Å². The molecular formula is C42H47ClO3Si. The Labute approximate surface area is 286 Å². The lowest BCUT2D eigenvalue weighted by Gasteiger charge is -2.59. The fourth-order valence-corrected chi connectivity index (χ4v) is 16.1. The zero-order valence-electron chi connectivity index (χ0n) is 27.8. The van der Waals surface area contributed by atoms with Gasteiger partial charge in [-0.25, -0.2) is 0 Å². The molecule has 1 saturated heterocycles. The van der Waals surface area contributed by atoms with E-state index in [1.54, 1.807) is 0 Å². The van der Waals surface area contributed by atoms with E-state index in [0.717, 1.165) is 55.8 Å². The van der Waals surface area contributed by atoms with Gasteiger partial charge in [0.05, 0.1) is 5.38 Å². The fraction of sp³-hybridized carbons (Fsp3) is 0.452. The Kier molecular flexibility index (Phi) is 7.64. The number of benzene rings is 3. The Bertz CT molecular complexity index is 1590. The SMILES string of the molecule is C=C1C(=C)[C@H]2[C@@H]3C(Cl)C4OC45CC(O[Si](Cc4ccccc4)(Cc4ccccc4)Cc4ccccc4)CC[C@]5(C)[C@@H]3CC[C@]2(C)C1=O. The van der Waals surface area contributed by atoms with E-state index in [4.69, 9.17) is 20.8 Å². The Morgan fingerprint density at radius 2 is 1.36 bits per heavy atom. The van der Waals surface area contributed by atoms with Crippen LogP contribution in [0.1, 0.15) is 62.6 Å². The second kappa shape index (κ2) is 11.4. The Morgan fingerprint density at radius 1 is 0.830 bits per heavy atom. The minimum Gasteiger partial charge on any atom is -0.413 e. The maximum atomic E-state index is 13.4. The number of hydrogen-bond acceptors (Lipinski definition) is 3. The van der Waals surface area contributed by atoms with Crippen LogP contribution in [-0.4, -0.2) is 37.3 Å². The van der Waals surface area contributed by atoms with Crippen molar-refractivity contribution in [1.29, 1.82) is 0 Å². The minimum absolute atomic E-state index is 0.00926. The Balaban J connectivity index is 1.12. The summed E-state index contributed by atoms with van der Waals surface area (Å²) in [6, 6.07) is 35.7. The van der Waals surface area contributed by atoms with Crippen molar-refractivity contribution in [1.82, 2.24) is 0 Å². The summed E-state index contributed by atoms with van der Waals surface area (Å²) < 4.78 is 14.6. The number of ketones is 1. The van der Waals surface area contributed by atoms with E-state index in [1.807, 2.05) is 0 Å². The number of rotatable bonds is 8. The number of Topliss-reactive ketones (excluding diaryl/α,β-unsaturated/α-hetero) is 1. The van der Waals surface area contributed by atoms with Gasteiger partial charge in [0.15, 0.2) is 5.78 Å². The molecule has 9 atom stereocenters. The Morgan fingerprint density at radius 3 is 1.89 bits per heavy atom. The van der Waals surface area contributed by atoms with Gasteiger partial charge in [0, 0.05) is 34.8 Å². The van der Waals surface area contributed by atoms with Gasteiger partial charge < -0.3 is 9.16 Å². The lowest BCUT2D eigenvalue weighted by Crippen LogP contribution is -2.63. The number of carbonyl (C=O) groups excluding carboxylic acids is 1. The lowest BCUT2D eigenvalue weighted by atomic mass is 9.44. The Hall–Kier alpha value is -2.76. The lowest BCUT2D eigenvalue weighted by molar-refractivity contribution is -0.134. The minimum atomic E-state index is -2.45. The molecule has 0 radical (unpaired) electrons. The number of fused-ring (bicyclic) bond motifs is 4. The third kappa shape index (κ3) is 4.92. The molecule has 5 heteroatoms. The molecule has 1 aliphatic heterocycles. The van der Waals surface area contributed by atoms with Crippen molar-refractivity contribution in [3.63, 3.8) is 0 Å². The predicted octanol–water partition coefficient (Wildman–Crippen LogP) is 8.96. The number of epoxide rings is 1. The summed E-state index contributed by atoms with van der Waals surface area (Å²) in [5.41, 5.74) is 4.88. The number of alkyl halides is 1. The third-order valence-corrected chi connectivity index (χ3v) is 17.8. The van der Waals surface area contributed by atoms with Gasteiger partial charge in [0.2, 0.25) is 8.32 Å². The maximum absolute atomic E-state index is 13.4. The average Bonchev–Trinajstić information content (AvgIpc) is 3.78. The van der Waals surface area contributed by atoms with Crippen LogP contribution >= 0.6 is 11.6 Å². The summed E-state index contributed by atoms with van der Waals surface area (Å²) in [5, 5.41) is -0.146. The molecule has 5 fully saturated rings. The van der Waals surface area contributed by atoms with Crippen molar-refractivity contribution >= 4 is 25.7 Å². The molecule has 244 valence electrons. The van der Waals surface area contributed by atoms with E-state index in [2.05, 4.69) is 118 Å². The van der Waals surface area contributed by atoms with Gasteiger partial charge in [-0.3, -0.25) is 4.79 Å². The predicted molar refractivity (Wildman–Crippen MR) is 191 cm³/mol. The molecule has 0 amide bonds. The van der Waals surface area contributed by atoms with Gasteiger partial charge in [-0.15, -0.1) is 11.6 Å². The number of hydrogen-bond donors (Lipinski definition) is 0. The van der Waals surface area contributed by atoms with Gasteiger partial charge in [0.1, 0.15) is 11.7 Å². The highest BCUT2D eigenvalue weighted by molar-refractivity contribution is 6.72. The molecule has 3 aromatic carbocycles. The molecule has 1 spiro atoms. The van der Waals surface area contributed by atoms with Gasteiger partial charge in [-0.1, -0.05) is 118 Å². The molecule has 8 rings (SSSR count). The first-order valence-corrected chi connectivity index (χ1v) is 20.6. The molecule has 47 heavy (non-hydrogen) atoms. The second-order valence-corrected chi connectivity index (χ2v) is 20.1.